The fourth-order valence-electron chi connectivity index (χ4n) is 3.21. The maximum absolute atomic E-state index is 12.2. The monoisotopic (exact) mass is 419 g/mol. The van der Waals surface area contributed by atoms with Crippen LogP contribution in [-0.4, -0.2) is 66.9 Å². The van der Waals surface area contributed by atoms with Gasteiger partial charge in [0.1, 0.15) is 0 Å². The number of hydrogen-bond acceptors (Lipinski definition) is 7. The number of ether oxygens (including phenoxy) is 1. The van der Waals surface area contributed by atoms with Crippen molar-refractivity contribution in [1.29, 1.82) is 0 Å². The molecule has 1 aromatic rings. The summed E-state index contributed by atoms with van der Waals surface area (Å²) in [6.07, 6.45) is 2.00. The molecular formula is C17H29N3O5S2. The van der Waals surface area contributed by atoms with Gasteiger partial charge in [0.2, 0.25) is 10.0 Å². The van der Waals surface area contributed by atoms with Gasteiger partial charge < -0.3 is 10.1 Å². The summed E-state index contributed by atoms with van der Waals surface area (Å²) in [4.78, 5) is 2.05. The molecule has 0 spiro atoms. The maximum atomic E-state index is 12.2. The second-order valence-corrected chi connectivity index (χ2v) is 10.8. The highest BCUT2D eigenvalue weighted by Crippen LogP contribution is 2.25. The first-order chi connectivity index (χ1) is 12.5. The minimum atomic E-state index is -3.98. The molecule has 8 nitrogen and oxygen atoms in total. The Bertz CT molecular complexity index is 847. The van der Waals surface area contributed by atoms with Crippen molar-refractivity contribution in [3.63, 3.8) is 0 Å². The number of morpholine rings is 1. The molecule has 1 aromatic carbocycles. The standard InChI is InChI=1S/C17H29N3O5S2/c1-13(2)10-14(20-6-8-25-9-7-20)12-19-16-5-4-15(27(18,23)24)11-17(16)26(3,21)22/h4-5,11,13-14,19H,6-10,12H2,1-3H3,(H2,18,23,24). The summed E-state index contributed by atoms with van der Waals surface area (Å²) in [7, 11) is -7.61. The lowest BCUT2D eigenvalue weighted by atomic mass is 10.0. The lowest BCUT2D eigenvalue weighted by Gasteiger charge is -2.35. The molecule has 0 radical (unpaired) electrons. The Morgan fingerprint density at radius 3 is 2.33 bits per heavy atom. The van der Waals surface area contributed by atoms with E-state index in [0.717, 1.165) is 31.8 Å². The third-order valence-electron chi connectivity index (χ3n) is 4.51. The number of sulfonamides is 1. The number of nitrogens with one attached hydrogen (secondary N) is 1. The molecule has 1 atom stereocenters. The van der Waals surface area contributed by atoms with E-state index < -0.39 is 19.9 Å². The van der Waals surface area contributed by atoms with Gasteiger partial charge in [-0.1, -0.05) is 13.8 Å². The summed E-state index contributed by atoms with van der Waals surface area (Å²) in [5.41, 5.74) is 0.381. The van der Waals surface area contributed by atoms with Gasteiger partial charge in [0.15, 0.2) is 9.84 Å². The lowest BCUT2D eigenvalue weighted by molar-refractivity contribution is 0.0150. The van der Waals surface area contributed by atoms with E-state index >= 15 is 0 Å². The topological polar surface area (TPSA) is 119 Å². The van der Waals surface area contributed by atoms with Crippen molar-refractivity contribution >= 4 is 25.5 Å². The van der Waals surface area contributed by atoms with E-state index in [2.05, 4.69) is 24.1 Å². The quantitative estimate of drug-likeness (QED) is 0.642. The smallest absolute Gasteiger partial charge is 0.238 e. The molecule has 1 aliphatic rings. The predicted octanol–water partition coefficient (Wildman–Crippen LogP) is 0.896. The maximum Gasteiger partial charge on any atom is 0.238 e. The van der Waals surface area contributed by atoms with E-state index in [1.165, 1.54) is 12.1 Å². The molecule has 0 aliphatic carbocycles. The van der Waals surface area contributed by atoms with E-state index in [1.807, 2.05) is 0 Å². The Kier molecular flexibility index (Phi) is 7.26. The average molecular weight is 420 g/mol. The molecular weight excluding hydrogens is 390 g/mol. The number of nitrogens with zero attached hydrogens (tertiary/aromatic N) is 1. The minimum Gasteiger partial charge on any atom is -0.382 e. The number of nitrogens with two attached hydrogens (primary N) is 1. The van der Waals surface area contributed by atoms with Crippen molar-refractivity contribution < 1.29 is 21.6 Å². The van der Waals surface area contributed by atoms with Crippen molar-refractivity contribution in [2.24, 2.45) is 11.1 Å². The molecule has 2 rings (SSSR count). The van der Waals surface area contributed by atoms with Crippen molar-refractivity contribution in [3.05, 3.63) is 18.2 Å². The zero-order chi connectivity index (χ0) is 20.2. The number of hydrogen-bond donors (Lipinski definition) is 2. The van der Waals surface area contributed by atoms with Crippen LogP contribution < -0.4 is 10.5 Å². The Hall–Kier alpha value is -1.20. The predicted molar refractivity (Wildman–Crippen MR) is 105 cm³/mol. The van der Waals surface area contributed by atoms with Gasteiger partial charge in [0, 0.05) is 31.9 Å². The number of anilines is 1. The third-order valence-corrected chi connectivity index (χ3v) is 6.56. The van der Waals surface area contributed by atoms with Crippen LogP contribution in [0.2, 0.25) is 0 Å². The molecule has 154 valence electrons. The fourth-order valence-corrected chi connectivity index (χ4v) is 4.70. The van der Waals surface area contributed by atoms with Crippen LogP contribution in [0.25, 0.3) is 0 Å². The Labute approximate surface area is 162 Å². The first-order valence-electron chi connectivity index (χ1n) is 8.91. The molecule has 1 fully saturated rings. The molecule has 0 amide bonds. The van der Waals surface area contributed by atoms with E-state index in [9.17, 15) is 16.8 Å². The van der Waals surface area contributed by atoms with Gasteiger partial charge in [-0.3, -0.25) is 4.90 Å². The van der Waals surface area contributed by atoms with Crippen molar-refractivity contribution in [2.45, 2.75) is 36.1 Å². The second-order valence-electron chi connectivity index (χ2n) is 7.29. The summed E-state index contributed by atoms with van der Waals surface area (Å²) >= 11 is 0. The van der Waals surface area contributed by atoms with Crippen LogP contribution in [-0.2, 0) is 24.6 Å². The average Bonchev–Trinajstić information content (AvgIpc) is 2.57. The number of sulfone groups is 1. The number of rotatable bonds is 8. The van der Waals surface area contributed by atoms with Crippen molar-refractivity contribution in [3.8, 4) is 0 Å². The van der Waals surface area contributed by atoms with Gasteiger partial charge in [-0.05, 0) is 30.5 Å². The van der Waals surface area contributed by atoms with Crippen molar-refractivity contribution in [1.82, 2.24) is 4.90 Å². The molecule has 0 aromatic heterocycles. The van der Waals surface area contributed by atoms with E-state index in [-0.39, 0.29) is 15.8 Å². The first-order valence-corrected chi connectivity index (χ1v) is 12.3. The summed E-state index contributed by atoms with van der Waals surface area (Å²) < 4.78 is 52.8. The second kappa shape index (κ2) is 8.87. The normalized spacial score (nSPS) is 17.8. The highest BCUT2D eigenvalue weighted by molar-refractivity contribution is 7.91. The summed E-state index contributed by atoms with van der Waals surface area (Å²) in [6, 6.07) is 4.11. The molecule has 1 unspecified atom stereocenters. The van der Waals surface area contributed by atoms with Gasteiger partial charge >= 0.3 is 0 Å². The van der Waals surface area contributed by atoms with E-state index in [1.54, 1.807) is 0 Å². The number of primary sulfonamides is 1. The summed E-state index contributed by atoms with van der Waals surface area (Å²) in [5.74, 6) is 0.485. The van der Waals surface area contributed by atoms with Crippen LogP contribution in [0.3, 0.4) is 0 Å². The van der Waals surface area contributed by atoms with Gasteiger partial charge in [0.05, 0.1) is 28.7 Å². The van der Waals surface area contributed by atoms with Crippen LogP contribution in [0, 0.1) is 5.92 Å². The number of benzene rings is 1. The molecule has 27 heavy (non-hydrogen) atoms. The third kappa shape index (κ3) is 6.42. The van der Waals surface area contributed by atoms with Crippen LogP contribution in [0.5, 0.6) is 0 Å². The Morgan fingerprint density at radius 2 is 1.81 bits per heavy atom. The molecule has 3 N–H and O–H groups in total. The van der Waals surface area contributed by atoms with Gasteiger partial charge in [-0.15, -0.1) is 0 Å². The van der Waals surface area contributed by atoms with Gasteiger partial charge in [-0.2, -0.15) is 0 Å². The van der Waals surface area contributed by atoms with Crippen LogP contribution in [0.4, 0.5) is 5.69 Å². The Balaban J connectivity index is 2.26. The summed E-state index contributed by atoms with van der Waals surface area (Å²) in [5, 5.41) is 8.34. The zero-order valence-corrected chi connectivity index (χ0v) is 17.6. The lowest BCUT2D eigenvalue weighted by Crippen LogP contribution is -2.47. The molecule has 1 aliphatic heterocycles. The largest absolute Gasteiger partial charge is 0.382 e. The SMILES string of the molecule is CC(C)CC(CNc1ccc(S(N)(=O)=O)cc1S(C)(=O)=O)N1CCOCC1. The fraction of sp³-hybridized carbons (Fsp3) is 0.647. The van der Waals surface area contributed by atoms with Gasteiger partial charge in [-0.25, -0.2) is 22.0 Å². The highest BCUT2D eigenvalue weighted by atomic mass is 32.2. The Morgan fingerprint density at radius 1 is 1.19 bits per heavy atom. The zero-order valence-electron chi connectivity index (χ0n) is 16.0. The highest BCUT2D eigenvalue weighted by Gasteiger charge is 2.23. The first kappa shape index (κ1) is 22.1. The van der Waals surface area contributed by atoms with Gasteiger partial charge in [0.25, 0.3) is 0 Å². The van der Waals surface area contributed by atoms with Crippen LogP contribution in [0.1, 0.15) is 20.3 Å². The van der Waals surface area contributed by atoms with E-state index in [4.69, 9.17) is 9.88 Å². The molecule has 10 heteroatoms. The molecule has 1 heterocycles. The van der Waals surface area contributed by atoms with Crippen LogP contribution >= 0.6 is 0 Å². The minimum absolute atomic E-state index is 0.0701. The summed E-state index contributed by atoms with van der Waals surface area (Å²) in [6.45, 7) is 7.89. The molecule has 0 bridgehead atoms. The van der Waals surface area contributed by atoms with Crippen molar-refractivity contribution in [2.75, 3.05) is 44.4 Å². The van der Waals surface area contributed by atoms with E-state index in [0.29, 0.717) is 31.4 Å². The molecule has 0 saturated carbocycles. The van der Waals surface area contributed by atoms with Crippen LogP contribution in [0.15, 0.2) is 28.0 Å². The molecule has 1 saturated heterocycles.